The minimum atomic E-state index is 1.17. The summed E-state index contributed by atoms with van der Waals surface area (Å²) < 4.78 is 0. The zero-order chi connectivity index (χ0) is 8.36. The Kier molecular flexibility index (Phi) is 9.09. The molecule has 0 heterocycles. The van der Waals surface area contributed by atoms with Crippen LogP contribution in [0.1, 0.15) is 26.2 Å². The van der Waals surface area contributed by atoms with E-state index in [-0.39, 0.29) is 0 Å². The van der Waals surface area contributed by atoms with Gasteiger partial charge in [0.15, 0.2) is 0 Å². The van der Waals surface area contributed by atoms with E-state index in [2.05, 4.69) is 13.0 Å². The Morgan fingerprint density at radius 2 is 1.82 bits per heavy atom. The van der Waals surface area contributed by atoms with E-state index >= 15 is 0 Å². The molecule has 0 aromatic carbocycles. The highest BCUT2D eigenvalue weighted by molar-refractivity contribution is 6.25. The molecule has 0 unspecified atom stereocenters. The quantitative estimate of drug-likeness (QED) is 0.432. The van der Waals surface area contributed by atoms with E-state index in [1.807, 2.05) is 18.2 Å². The molecular weight excluding hydrogens is 156 g/mol. The van der Waals surface area contributed by atoms with Crippen molar-refractivity contribution in [2.45, 2.75) is 26.2 Å². The van der Waals surface area contributed by atoms with Crippen LogP contribution in [0.15, 0.2) is 35.9 Å². The second-order valence-corrected chi connectivity index (χ2v) is 2.53. The smallest absolute Gasteiger partial charge is 0.00424 e. The molecule has 0 saturated carbocycles. The van der Waals surface area contributed by atoms with Crippen LogP contribution in [0, 0.1) is 0 Å². The summed E-state index contributed by atoms with van der Waals surface area (Å²) in [5.74, 6) is 0. The average Bonchev–Trinajstić information content (AvgIpc) is 2.03. The molecule has 0 amide bonds. The first kappa shape index (κ1) is 10.5. The van der Waals surface area contributed by atoms with Gasteiger partial charge in [-0.05, 0) is 6.42 Å². The van der Waals surface area contributed by atoms with E-state index in [1.54, 1.807) is 6.08 Å². The fourth-order valence-electron chi connectivity index (χ4n) is 0.667. The van der Waals surface area contributed by atoms with Gasteiger partial charge in [-0.15, -0.1) is 0 Å². The predicted octanol–water partition coefficient (Wildman–Crippen LogP) is 4.04. The van der Waals surface area contributed by atoms with Gasteiger partial charge in [0.2, 0.25) is 0 Å². The van der Waals surface area contributed by atoms with Crippen LogP contribution in [0.5, 0.6) is 0 Å². The lowest BCUT2D eigenvalue weighted by Crippen LogP contribution is -1.64. The molecule has 0 atom stereocenters. The number of hydrogen-bond acceptors (Lipinski definition) is 0. The van der Waals surface area contributed by atoms with Crippen LogP contribution < -0.4 is 0 Å². The zero-order valence-corrected chi connectivity index (χ0v) is 7.72. The van der Waals surface area contributed by atoms with Gasteiger partial charge in [-0.25, -0.2) is 0 Å². The molecule has 0 aromatic rings. The van der Waals surface area contributed by atoms with Crippen LogP contribution in [-0.4, -0.2) is 0 Å². The minimum Gasteiger partial charge on any atom is -0.0930 e. The summed E-state index contributed by atoms with van der Waals surface area (Å²) in [6, 6.07) is 0. The summed E-state index contributed by atoms with van der Waals surface area (Å²) in [6.07, 6.45) is 13.6. The van der Waals surface area contributed by atoms with Crippen molar-refractivity contribution in [3.05, 3.63) is 35.9 Å². The Balaban J connectivity index is 3.28. The van der Waals surface area contributed by atoms with Gasteiger partial charge in [-0.2, -0.15) is 0 Å². The Labute approximate surface area is 74.3 Å². The van der Waals surface area contributed by atoms with Gasteiger partial charge in [0.1, 0.15) is 0 Å². The fourth-order valence-corrected chi connectivity index (χ4v) is 0.751. The van der Waals surface area contributed by atoms with E-state index in [1.165, 1.54) is 24.8 Å². The maximum absolute atomic E-state index is 5.31. The maximum Gasteiger partial charge on any atom is 0.00424 e. The molecule has 0 nitrogen and oxygen atoms in total. The van der Waals surface area contributed by atoms with Crippen molar-refractivity contribution in [1.29, 1.82) is 0 Å². The van der Waals surface area contributed by atoms with Crippen molar-refractivity contribution in [1.82, 2.24) is 0 Å². The number of hydrogen-bond donors (Lipinski definition) is 0. The first-order valence-electron chi connectivity index (χ1n) is 4.00. The largest absolute Gasteiger partial charge is 0.0930 e. The highest BCUT2D eigenvalue weighted by atomic mass is 35.5. The highest BCUT2D eigenvalue weighted by Crippen LogP contribution is 1.94. The van der Waals surface area contributed by atoms with E-state index in [4.69, 9.17) is 11.6 Å². The van der Waals surface area contributed by atoms with E-state index in [9.17, 15) is 0 Å². The Morgan fingerprint density at radius 1 is 1.09 bits per heavy atom. The van der Waals surface area contributed by atoms with Crippen molar-refractivity contribution in [3.8, 4) is 0 Å². The second kappa shape index (κ2) is 9.51. The molecule has 1 heteroatoms. The third-order valence-electron chi connectivity index (χ3n) is 1.27. The van der Waals surface area contributed by atoms with Crippen LogP contribution in [0.3, 0.4) is 0 Å². The number of rotatable bonds is 5. The Bertz CT molecular complexity index is 143. The molecule has 0 aromatic heterocycles. The van der Waals surface area contributed by atoms with Crippen molar-refractivity contribution in [3.63, 3.8) is 0 Å². The summed E-state index contributed by atoms with van der Waals surface area (Å²) in [5.41, 5.74) is 1.50. The lowest BCUT2D eigenvalue weighted by atomic mass is 10.2. The molecule has 11 heavy (non-hydrogen) atoms. The molecule has 0 bridgehead atoms. The number of allylic oxidation sites excluding steroid dienone is 5. The SMILES string of the molecule is CCCCC=CC=CC=CCl. The summed E-state index contributed by atoms with van der Waals surface area (Å²) in [4.78, 5) is 0. The maximum atomic E-state index is 5.31. The molecule has 0 N–H and O–H groups in total. The molecule has 62 valence electrons. The van der Waals surface area contributed by atoms with Crippen LogP contribution in [0.25, 0.3) is 0 Å². The van der Waals surface area contributed by atoms with E-state index in [0.717, 1.165) is 0 Å². The number of unbranched alkanes of at least 4 members (excludes halogenated alkanes) is 2. The first-order valence-corrected chi connectivity index (χ1v) is 4.44. The molecular formula is C10H15Cl. The second-order valence-electron chi connectivity index (χ2n) is 2.27. The summed E-state index contributed by atoms with van der Waals surface area (Å²) in [7, 11) is 0. The van der Waals surface area contributed by atoms with Crippen LogP contribution >= 0.6 is 11.6 Å². The standard InChI is InChI=1S/C10H15Cl/c1-2-3-4-5-6-7-8-9-10-11/h5-10H,2-4H2,1H3. The third kappa shape index (κ3) is 9.51. The van der Waals surface area contributed by atoms with Crippen molar-refractivity contribution < 1.29 is 0 Å². The Morgan fingerprint density at radius 3 is 2.45 bits per heavy atom. The molecule has 0 radical (unpaired) electrons. The first-order chi connectivity index (χ1) is 5.41. The molecule has 0 fully saturated rings. The summed E-state index contributed by atoms with van der Waals surface area (Å²) in [5, 5.41) is 0. The topological polar surface area (TPSA) is 0 Å². The number of halogens is 1. The molecule has 0 aliphatic heterocycles. The normalized spacial score (nSPS) is 12.5. The van der Waals surface area contributed by atoms with Crippen molar-refractivity contribution >= 4 is 11.6 Å². The molecule has 0 aliphatic carbocycles. The van der Waals surface area contributed by atoms with Gasteiger partial charge in [0, 0.05) is 5.54 Å². The highest BCUT2D eigenvalue weighted by Gasteiger charge is 1.74. The predicted molar refractivity (Wildman–Crippen MR) is 52.8 cm³/mol. The van der Waals surface area contributed by atoms with E-state index in [0.29, 0.717) is 0 Å². The van der Waals surface area contributed by atoms with Gasteiger partial charge in [-0.3, -0.25) is 0 Å². The van der Waals surface area contributed by atoms with Crippen LogP contribution in [0.4, 0.5) is 0 Å². The molecule has 0 spiro atoms. The van der Waals surface area contributed by atoms with E-state index < -0.39 is 0 Å². The van der Waals surface area contributed by atoms with Gasteiger partial charge in [0.05, 0.1) is 0 Å². The monoisotopic (exact) mass is 170 g/mol. The third-order valence-corrected chi connectivity index (χ3v) is 1.41. The van der Waals surface area contributed by atoms with Gasteiger partial charge >= 0.3 is 0 Å². The van der Waals surface area contributed by atoms with Gasteiger partial charge in [-0.1, -0.05) is 61.7 Å². The van der Waals surface area contributed by atoms with Gasteiger partial charge < -0.3 is 0 Å². The zero-order valence-electron chi connectivity index (χ0n) is 6.96. The average molecular weight is 171 g/mol. The fraction of sp³-hybridized carbons (Fsp3) is 0.400. The summed E-state index contributed by atoms with van der Waals surface area (Å²) >= 11 is 5.31. The van der Waals surface area contributed by atoms with Crippen molar-refractivity contribution in [2.24, 2.45) is 0 Å². The summed E-state index contributed by atoms with van der Waals surface area (Å²) in [6.45, 7) is 2.19. The van der Waals surface area contributed by atoms with Crippen LogP contribution in [0.2, 0.25) is 0 Å². The van der Waals surface area contributed by atoms with Crippen molar-refractivity contribution in [2.75, 3.05) is 0 Å². The lowest BCUT2D eigenvalue weighted by molar-refractivity contribution is 0.815. The lowest BCUT2D eigenvalue weighted by Gasteiger charge is -1.84. The molecule has 0 rings (SSSR count). The Hall–Kier alpha value is -0.490. The van der Waals surface area contributed by atoms with Crippen LogP contribution in [-0.2, 0) is 0 Å². The minimum absolute atomic E-state index is 1.17. The molecule has 0 saturated heterocycles. The molecule has 0 aliphatic rings. The van der Waals surface area contributed by atoms with Gasteiger partial charge in [0.25, 0.3) is 0 Å².